The van der Waals surface area contributed by atoms with E-state index in [1.54, 1.807) is 6.07 Å². The normalized spacial score (nSPS) is 11.0. The number of amides is 1. The minimum Gasteiger partial charge on any atom is -0.324 e. The van der Waals surface area contributed by atoms with Gasteiger partial charge < -0.3 is 5.32 Å². The summed E-state index contributed by atoms with van der Waals surface area (Å²) in [7, 11) is 0. The number of carbonyl (C=O) groups excluding carboxylic acids is 1. The summed E-state index contributed by atoms with van der Waals surface area (Å²) in [5.74, 6) is -1.34. The fourth-order valence-corrected chi connectivity index (χ4v) is 2.88. The summed E-state index contributed by atoms with van der Waals surface area (Å²) in [6.07, 6.45) is 2.67. The zero-order chi connectivity index (χ0) is 20.4. The number of anilines is 1. The Morgan fingerprint density at radius 3 is 2.59 bits per heavy atom. The molecule has 0 atom stereocenters. The van der Waals surface area contributed by atoms with Gasteiger partial charge in [-0.2, -0.15) is 5.10 Å². The molecule has 0 spiro atoms. The number of hydrogen-bond acceptors (Lipinski definition) is 4. The van der Waals surface area contributed by atoms with E-state index in [2.05, 4.69) is 15.4 Å². The highest BCUT2D eigenvalue weighted by molar-refractivity contribution is 5.90. The molecule has 29 heavy (non-hydrogen) atoms. The number of aromatic nitrogens is 4. The Hall–Kier alpha value is -3.88. The van der Waals surface area contributed by atoms with Crippen LogP contribution < -0.4 is 10.9 Å². The van der Waals surface area contributed by atoms with E-state index in [9.17, 15) is 18.4 Å². The Labute approximate surface area is 163 Å². The van der Waals surface area contributed by atoms with E-state index in [-0.39, 0.29) is 35.4 Å². The molecule has 2 aromatic heterocycles. The summed E-state index contributed by atoms with van der Waals surface area (Å²) >= 11 is 0. The molecule has 7 nitrogen and oxygen atoms in total. The molecule has 4 rings (SSSR count). The van der Waals surface area contributed by atoms with E-state index in [4.69, 9.17) is 0 Å². The second-order valence-electron chi connectivity index (χ2n) is 6.29. The standard InChI is InChI=1S/C20H15F2N5O2/c21-13-5-7-14(8-6-13)27-19-15(11-24-27)20(29)26(12-23-19)10-9-18(28)25-17-4-2-1-3-16(17)22/h1-8,11-12H,9-10H2,(H,25,28). The largest absolute Gasteiger partial charge is 0.324 e. The first-order valence-corrected chi connectivity index (χ1v) is 8.76. The van der Waals surface area contributed by atoms with Crippen molar-refractivity contribution >= 4 is 22.6 Å². The van der Waals surface area contributed by atoms with E-state index in [1.165, 1.54) is 64.2 Å². The summed E-state index contributed by atoms with van der Waals surface area (Å²) in [5.41, 5.74) is 0.616. The van der Waals surface area contributed by atoms with Gasteiger partial charge >= 0.3 is 0 Å². The molecule has 2 aromatic carbocycles. The summed E-state index contributed by atoms with van der Waals surface area (Å²) in [6.45, 7) is 0.0732. The second-order valence-corrected chi connectivity index (χ2v) is 6.29. The van der Waals surface area contributed by atoms with Crippen LogP contribution in [0, 0.1) is 11.6 Å². The molecule has 0 saturated heterocycles. The number of fused-ring (bicyclic) bond motifs is 1. The Morgan fingerprint density at radius 2 is 1.83 bits per heavy atom. The third-order valence-corrected chi connectivity index (χ3v) is 4.35. The van der Waals surface area contributed by atoms with E-state index in [0.717, 1.165) is 0 Å². The van der Waals surface area contributed by atoms with Crippen molar-refractivity contribution in [3.8, 4) is 5.69 Å². The first-order valence-electron chi connectivity index (χ1n) is 8.76. The topological polar surface area (TPSA) is 81.8 Å². The lowest BCUT2D eigenvalue weighted by atomic mass is 10.3. The van der Waals surface area contributed by atoms with Gasteiger partial charge in [0, 0.05) is 13.0 Å². The van der Waals surface area contributed by atoms with E-state index in [0.29, 0.717) is 11.3 Å². The smallest absolute Gasteiger partial charge is 0.264 e. The van der Waals surface area contributed by atoms with Crippen LogP contribution >= 0.6 is 0 Å². The zero-order valence-electron chi connectivity index (χ0n) is 15.0. The lowest BCUT2D eigenvalue weighted by Crippen LogP contribution is -2.23. The van der Waals surface area contributed by atoms with Gasteiger partial charge in [0.15, 0.2) is 5.65 Å². The summed E-state index contributed by atoms with van der Waals surface area (Å²) in [4.78, 5) is 29.0. The molecular formula is C20H15F2N5O2. The maximum Gasteiger partial charge on any atom is 0.264 e. The van der Waals surface area contributed by atoms with Crippen LogP contribution in [0.1, 0.15) is 6.42 Å². The van der Waals surface area contributed by atoms with E-state index in [1.807, 2.05) is 0 Å². The van der Waals surface area contributed by atoms with Gasteiger partial charge in [-0.3, -0.25) is 14.2 Å². The summed E-state index contributed by atoms with van der Waals surface area (Å²) in [6, 6.07) is 11.5. The highest BCUT2D eigenvalue weighted by Crippen LogP contribution is 2.15. The molecule has 4 aromatic rings. The number of rotatable bonds is 5. The van der Waals surface area contributed by atoms with Crippen molar-refractivity contribution in [2.24, 2.45) is 0 Å². The third-order valence-electron chi connectivity index (χ3n) is 4.35. The van der Waals surface area contributed by atoms with Crippen LogP contribution in [0.2, 0.25) is 0 Å². The maximum absolute atomic E-state index is 13.6. The number of carbonyl (C=O) groups is 1. The number of halogens is 2. The van der Waals surface area contributed by atoms with Gasteiger partial charge in [0.25, 0.3) is 5.56 Å². The van der Waals surface area contributed by atoms with Crippen molar-refractivity contribution in [2.45, 2.75) is 13.0 Å². The first kappa shape index (κ1) is 18.5. The summed E-state index contributed by atoms with van der Waals surface area (Å²) < 4.78 is 29.5. The van der Waals surface area contributed by atoms with Crippen molar-refractivity contribution < 1.29 is 13.6 Å². The van der Waals surface area contributed by atoms with Gasteiger partial charge in [-0.1, -0.05) is 12.1 Å². The lowest BCUT2D eigenvalue weighted by Gasteiger charge is -2.08. The number of nitrogens with one attached hydrogen (secondary N) is 1. The van der Waals surface area contributed by atoms with Crippen LogP contribution in [-0.4, -0.2) is 25.2 Å². The monoisotopic (exact) mass is 395 g/mol. The molecule has 1 N–H and O–H groups in total. The molecular weight excluding hydrogens is 380 g/mol. The average Bonchev–Trinajstić information content (AvgIpc) is 3.15. The minimum absolute atomic E-state index is 0.0342. The van der Waals surface area contributed by atoms with Crippen molar-refractivity contribution in [1.29, 1.82) is 0 Å². The number of benzene rings is 2. The zero-order valence-corrected chi connectivity index (χ0v) is 15.0. The minimum atomic E-state index is -0.533. The Bertz CT molecular complexity index is 1250. The lowest BCUT2D eigenvalue weighted by molar-refractivity contribution is -0.116. The molecule has 1 amide bonds. The molecule has 0 aliphatic carbocycles. The fraction of sp³-hybridized carbons (Fsp3) is 0.100. The molecule has 0 fully saturated rings. The average molecular weight is 395 g/mol. The van der Waals surface area contributed by atoms with Crippen molar-refractivity contribution in [1.82, 2.24) is 19.3 Å². The van der Waals surface area contributed by atoms with E-state index >= 15 is 0 Å². The Balaban J connectivity index is 1.52. The number of hydrogen-bond donors (Lipinski definition) is 1. The highest BCUT2D eigenvalue weighted by Gasteiger charge is 2.13. The van der Waals surface area contributed by atoms with Crippen molar-refractivity contribution in [2.75, 3.05) is 5.32 Å². The second kappa shape index (κ2) is 7.63. The predicted octanol–water partition coefficient (Wildman–Crippen LogP) is 2.89. The van der Waals surface area contributed by atoms with Gasteiger partial charge in [0.2, 0.25) is 5.91 Å². The van der Waals surface area contributed by atoms with Crippen molar-refractivity contribution in [3.05, 3.63) is 83.0 Å². The number of aryl methyl sites for hydroxylation is 1. The van der Waals surface area contributed by atoms with Crippen LogP contribution in [-0.2, 0) is 11.3 Å². The predicted molar refractivity (Wildman–Crippen MR) is 103 cm³/mol. The quantitative estimate of drug-likeness (QED) is 0.563. The molecule has 0 saturated carbocycles. The molecule has 0 aliphatic rings. The molecule has 0 bridgehead atoms. The van der Waals surface area contributed by atoms with Gasteiger partial charge in [0.05, 0.1) is 23.9 Å². The van der Waals surface area contributed by atoms with Gasteiger partial charge in [0.1, 0.15) is 17.0 Å². The number of para-hydroxylation sites is 1. The molecule has 0 unspecified atom stereocenters. The highest BCUT2D eigenvalue weighted by atomic mass is 19.1. The van der Waals surface area contributed by atoms with Gasteiger partial charge in [-0.05, 0) is 36.4 Å². The SMILES string of the molecule is O=C(CCn1cnc2c(cnn2-c2ccc(F)cc2)c1=O)Nc1ccccc1F. The number of nitrogens with zero attached hydrogens (tertiary/aromatic N) is 4. The Kier molecular flexibility index (Phi) is 4.86. The third kappa shape index (κ3) is 3.75. The van der Waals surface area contributed by atoms with Crippen LogP contribution in [0.3, 0.4) is 0 Å². The van der Waals surface area contributed by atoms with E-state index < -0.39 is 11.7 Å². The Morgan fingerprint density at radius 1 is 1.07 bits per heavy atom. The van der Waals surface area contributed by atoms with Crippen LogP contribution in [0.25, 0.3) is 16.7 Å². The molecule has 0 radical (unpaired) electrons. The first-order chi connectivity index (χ1) is 14.0. The van der Waals surface area contributed by atoms with Crippen LogP contribution in [0.4, 0.5) is 14.5 Å². The van der Waals surface area contributed by atoms with Gasteiger partial charge in [-0.15, -0.1) is 0 Å². The summed E-state index contributed by atoms with van der Waals surface area (Å²) in [5, 5.41) is 6.90. The van der Waals surface area contributed by atoms with Crippen LogP contribution in [0.15, 0.2) is 65.8 Å². The molecule has 0 aliphatic heterocycles. The molecule has 146 valence electrons. The fourth-order valence-electron chi connectivity index (χ4n) is 2.88. The molecule has 2 heterocycles. The molecule has 9 heteroatoms. The maximum atomic E-state index is 13.6. The van der Waals surface area contributed by atoms with Crippen LogP contribution in [0.5, 0.6) is 0 Å². The van der Waals surface area contributed by atoms with Gasteiger partial charge in [-0.25, -0.2) is 18.4 Å². The van der Waals surface area contributed by atoms with Crippen molar-refractivity contribution in [3.63, 3.8) is 0 Å².